The van der Waals surface area contributed by atoms with Crippen LogP contribution < -0.4 is 11.1 Å². The number of carbonyl (C=O) groups is 1. The molecule has 18 heavy (non-hydrogen) atoms. The van der Waals surface area contributed by atoms with Gasteiger partial charge in [0, 0.05) is 25.2 Å². The van der Waals surface area contributed by atoms with Crippen LogP contribution in [0.2, 0.25) is 0 Å². The Kier molecular flexibility index (Phi) is 3.50. The van der Waals surface area contributed by atoms with Gasteiger partial charge < -0.3 is 9.73 Å². The zero-order chi connectivity index (χ0) is 13.1. The zero-order valence-electron chi connectivity index (χ0n) is 10.5. The minimum absolute atomic E-state index is 0.0190. The Bertz CT molecular complexity index is 625. The van der Waals surface area contributed by atoms with Gasteiger partial charge in [0.1, 0.15) is 0 Å². The number of aryl methyl sites for hydroxylation is 1. The van der Waals surface area contributed by atoms with E-state index in [0.717, 1.165) is 12.8 Å². The summed E-state index contributed by atoms with van der Waals surface area (Å²) in [5.74, 6) is -0.422. The average Bonchev–Trinajstić information content (AvgIpc) is 2.62. The largest absolute Gasteiger partial charge is 0.419 e. The highest BCUT2D eigenvalue weighted by molar-refractivity contribution is 5.92. The maximum Gasteiger partial charge on any atom is 0.419 e. The normalized spacial score (nSPS) is 10.8. The van der Waals surface area contributed by atoms with Gasteiger partial charge in [0.2, 0.25) is 5.91 Å². The van der Waals surface area contributed by atoms with Crippen molar-refractivity contribution in [2.24, 2.45) is 7.05 Å². The summed E-state index contributed by atoms with van der Waals surface area (Å²) in [4.78, 5) is 22.9. The smallest absolute Gasteiger partial charge is 0.408 e. The molecular weight excluding hydrogens is 232 g/mol. The van der Waals surface area contributed by atoms with Crippen LogP contribution in [0, 0.1) is 0 Å². The van der Waals surface area contributed by atoms with Gasteiger partial charge in [-0.15, -0.1) is 0 Å². The average molecular weight is 248 g/mol. The summed E-state index contributed by atoms with van der Waals surface area (Å²) in [7, 11) is 1.65. The standard InChI is InChI=1S/C13H16N2O3/c1-3-4-5-12(16)14-9-6-7-10-11(8-9)18-13(17)15(10)2/h6-8H,3-5H2,1-2H3,(H,14,16). The predicted molar refractivity (Wildman–Crippen MR) is 69.6 cm³/mol. The molecule has 0 bridgehead atoms. The van der Waals surface area contributed by atoms with Gasteiger partial charge in [0.25, 0.3) is 0 Å². The first-order valence-corrected chi connectivity index (χ1v) is 6.01. The lowest BCUT2D eigenvalue weighted by Gasteiger charge is -2.04. The molecule has 1 aromatic carbocycles. The van der Waals surface area contributed by atoms with Gasteiger partial charge in [-0.05, 0) is 18.6 Å². The van der Waals surface area contributed by atoms with Crippen molar-refractivity contribution < 1.29 is 9.21 Å². The van der Waals surface area contributed by atoms with Gasteiger partial charge in [-0.1, -0.05) is 13.3 Å². The van der Waals surface area contributed by atoms with Crippen LogP contribution in [0.15, 0.2) is 27.4 Å². The second-order valence-corrected chi connectivity index (χ2v) is 4.26. The van der Waals surface area contributed by atoms with E-state index in [2.05, 4.69) is 5.32 Å². The lowest BCUT2D eigenvalue weighted by molar-refractivity contribution is -0.116. The molecule has 0 spiro atoms. The number of nitrogens with one attached hydrogen (secondary N) is 1. The van der Waals surface area contributed by atoms with Crippen LogP contribution in [0.4, 0.5) is 5.69 Å². The third-order valence-corrected chi connectivity index (χ3v) is 2.83. The molecule has 5 nitrogen and oxygen atoms in total. The van der Waals surface area contributed by atoms with Crippen LogP contribution in [0.25, 0.3) is 11.1 Å². The molecule has 5 heteroatoms. The van der Waals surface area contributed by atoms with Gasteiger partial charge in [-0.25, -0.2) is 4.79 Å². The van der Waals surface area contributed by atoms with Crippen molar-refractivity contribution in [3.8, 4) is 0 Å². The van der Waals surface area contributed by atoms with E-state index in [1.807, 2.05) is 6.92 Å². The minimum atomic E-state index is -0.403. The van der Waals surface area contributed by atoms with E-state index in [-0.39, 0.29) is 5.91 Å². The highest BCUT2D eigenvalue weighted by Gasteiger charge is 2.07. The summed E-state index contributed by atoms with van der Waals surface area (Å²) in [6.45, 7) is 2.04. The van der Waals surface area contributed by atoms with Gasteiger partial charge >= 0.3 is 5.76 Å². The Morgan fingerprint density at radius 3 is 2.94 bits per heavy atom. The lowest BCUT2D eigenvalue weighted by Crippen LogP contribution is -2.10. The first-order valence-electron chi connectivity index (χ1n) is 6.01. The molecule has 0 atom stereocenters. The number of anilines is 1. The number of fused-ring (bicyclic) bond motifs is 1. The molecule has 1 N–H and O–H groups in total. The second-order valence-electron chi connectivity index (χ2n) is 4.26. The quantitative estimate of drug-likeness (QED) is 0.902. The summed E-state index contributed by atoms with van der Waals surface area (Å²) in [6, 6.07) is 5.19. The van der Waals surface area contributed by atoms with Crippen molar-refractivity contribution in [1.82, 2.24) is 4.57 Å². The lowest BCUT2D eigenvalue weighted by atomic mass is 10.2. The number of rotatable bonds is 4. The third kappa shape index (κ3) is 2.45. The highest BCUT2D eigenvalue weighted by Crippen LogP contribution is 2.18. The molecule has 2 rings (SSSR count). The summed E-state index contributed by atoms with van der Waals surface area (Å²) in [6.07, 6.45) is 2.36. The number of carbonyl (C=O) groups excluding carboxylic acids is 1. The number of unbranched alkanes of at least 4 members (excludes halogenated alkanes) is 1. The van der Waals surface area contributed by atoms with Gasteiger partial charge in [0.15, 0.2) is 5.58 Å². The fourth-order valence-electron chi connectivity index (χ4n) is 1.77. The molecule has 1 heterocycles. The van der Waals surface area contributed by atoms with E-state index in [1.165, 1.54) is 4.57 Å². The van der Waals surface area contributed by atoms with Crippen LogP contribution in [0.1, 0.15) is 26.2 Å². The van der Waals surface area contributed by atoms with E-state index >= 15 is 0 Å². The number of hydrogen-bond acceptors (Lipinski definition) is 3. The first kappa shape index (κ1) is 12.4. The fraction of sp³-hybridized carbons (Fsp3) is 0.385. The third-order valence-electron chi connectivity index (χ3n) is 2.83. The fourth-order valence-corrected chi connectivity index (χ4v) is 1.77. The Hall–Kier alpha value is -2.04. The van der Waals surface area contributed by atoms with E-state index in [4.69, 9.17) is 4.42 Å². The second kappa shape index (κ2) is 5.08. The summed E-state index contributed by atoms with van der Waals surface area (Å²) in [5, 5.41) is 2.79. The molecule has 0 aliphatic rings. The molecular formula is C13H16N2O3. The molecule has 2 aromatic rings. The van der Waals surface area contributed by atoms with Gasteiger partial charge in [-0.3, -0.25) is 9.36 Å². The van der Waals surface area contributed by atoms with Gasteiger partial charge in [-0.2, -0.15) is 0 Å². The number of nitrogens with zero attached hydrogens (tertiary/aromatic N) is 1. The van der Waals surface area contributed by atoms with Crippen LogP contribution >= 0.6 is 0 Å². The Balaban J connectivity index is 2.20. The summed E-state index contributed by atoms with van der Waals surface area (Å²) >= 11 is 0. The van der Waals surface area contributed by atoms with Crippen molar-refractivity contribution in [2.45, 2.75) is 26.2 Å². The molecule has 0 aliphatic heterocycles. The van der Waals surface area contributed by atoms with Crippen LogP contribution in [0.5, 0.6) is 0 Å². The molecule has 0 saturated carbocycles. The number of hydrogen-bond donors (Lipinski definition) is 1. The van der Waals surface area contributed by atoms with E-state index < -0.39 is 5.76 Å². The van der Waals surface area contributed by atoms with E-state index in [1.54, 1.807) is 25.2 Å². The summed E-state index contributed by atoms with van der Waals surface area (Å²) in [5.41, 5.74) is 1.85. The van der Waals surface area contributed by atoms with Crippen LogP contribution in [0.3, 0.4) is 0 Å². The van der Waals surface area contributed by atoms with Crippen molar-refractivity contribution in [1.29, 1.82) is 0 Å². The zero-order valence-corrected chi connectivity index (χ0v) is 10.5. The number of oxazole rings is 1. The molecule has 0 aliphatic carbocycles. The monoisotopic (exact) mass is 248 g/mol. The maximum absolute atomic E-state index is 11.6. The van der Waals surface area contributed by atoms with E-state index in [9.17, 15) is 9.59 Å². The number of aromatic nitrogens is 1. The minimum Gasteiger partial charge on any atom is -0.408 e. The first-order chi connectivity index (χ1) is 8.61. The van der Waals surface area contributed by atoms with Crippen LogP contribution in [-0.4, -0.2) is 10.5 Å². The predicted octanol–water partition coefficient (Wildman–Crippen LogP) is 2.26. The van der Waals surface area contributed by atoms with Crippen molar-refractivity contribution >= 4 is 22.7 Å². The molecule has 1 aromatic heterocycles. The molecule has 0 fully saturated rings. The Morgan fingerprint density at radius 1 is 1.44 bits per heavy atom. The van der Waals surface area contributed by atoms with Crippen molar-refractivity contribution in [2.75, 3.05) is 5.32 Å². The maximum atomic E-state index is 11.6. The Morgan fingerprint density at radius 2 is 2.22 bits per heavy atom. The SMILES string of the molecule is CCCCC(=O)Nc1ccc2c(c1)oc(=O)n2C. The van der Waals surface area contributed by atoms with Gasteiger partial charge in [0.05, 0.1) is 5.52 Å². The van der Waals surface area contributed by atoms with Crippen molar-refractivity contribution in [3.05, 3.63) is 28.7 Å². The summed E-state index contributed by atoms with van der Waals surface area (Å²) < 4.78 is 6.49. The van der Waals surface area contributed by atoms with Crippen molar-refractivity contribution in [3.63, 3.8) is 0 Å². The topological polar surface area (TPSA) is 64.2 Å². The van der Waals surface area contributed by atoms with Crippen LogP contribution in [-0.2, 0) is 11.8 Å². The van der Waals surface area contributed by atoms with E-state index in [0.29, 0.717) is 23.2 Å². The number of benzene rings is 1. The Labute approximate surface area is 104 Å². The molecule has 0 unspecified atom stereocenters. The molecule has 0 radical (unpaired) electrons. The molecule has 0 saturated heterocycles. The molecule has 1 amide bonds. The number of amides is 1. The highest BCUT2D eigenvalue weighted by atomic mass is 16.4. The molecule has 96 valence electrons.